The van der Waals surface area contributed by atoms with Crippen LogP contribution < -0.4 is 0 Å². The number of hydrogen-bond acceptors (Lipinski definition) is 15. The van der Waals surface area contributed by atoms with E-state index in [2.05, 4.69) is 64.2 Å². The van der Waals surface area contributed by atoms with Crippen molar-refractivity contribution in [3.05, 3.63) is 36.5 Å². The Labute approximate surface area is 611 Å². The summed E-state index contributed by atoms with van der Waals surface area (Å²) in [5.74, 6) is -2.14. The van der Waals surface area contributed by atoms with Crippen molar-refractivity contribution in [3.63, 3.8) is 0 Å². The summed E-state index contributed by atoms with van der Waals surface area (Å²) in [6.07, 6.45) is 71.1. The van der Waals surface area contributed by atoms with Crippen LogP contribution in [0.1, 0.15) is 400 Å². The quantitative estimate of drug-likeness (QED) is 0.0169. The number of aliphatic hydroxyl groups excluding tert-OH is 1. The van der Waals surface area contributed by atoms with E-state index >= 15 is 0 Å². The molecule has 5 unspecified atom stereocenters. The summed E-state index contributed by atoms with van der Waals surface area (Å²) in [6.45, 7) is 4.94. The van der Waals surface area contributed by atoms with Crippen molar-refractivity contribution in [2.24, 2.45) is 0 Å². The molecule has 0 amide bonds. The number of unbranched alkanes of at least 4 members (excludes halogenated alkanes) is 47. The molecule has 0 aliphatic rings. The number of ether oxygens (including phenoxy) is 4. The van der Waals surface area contributed by atoms with Crippen LogP contribution in [0.5, 0.6) is 0 Å². The number of aliphatic hydroxyl groups is 1. The molecule has 5 atom stereocenters. The van der Waals surface area contributed by atoms with Gasteiger partial charge in [-0.25, -0.2) is 9.13 Å². The standard InChI is InChI=1S/C81H152O17P2/c1-5-9-13-17-21-25-29-33-35-36-37-38-40-44-46-50-54-58-62-66-79(84)92-72-77(98-81(86)68-64-60-56-52-48-42-32-28-24-20-16-12-8-4)74-96-100(89,90)94-70-75(82)69-93-99(87,88)95-73-76(97-80(85)67-63-59-55-51-47-41-31-27-23-19-15-11-7-3)71-91-78(83)65-61-57-53-49-45-43-39-34-30-26-22-18-14-10-6-2/h21,25,33,35,37-38,75-77,82H,5-20,22-24,26-32,34,36,39-74H2,1-4H3,(H,87,88)(H,89,90)/b25-21-,35-33-,38-37-. The van der Waals surface area contributed by atoms with E-state index in [4.69, 9.17) is 37.0 Å². The minimum absolute atomic E-state index is 0.101. The van der Waals surface area contributed by atoms with Crippen LogP contribution >= 0.6 is 15.6 Å². The van der Waals surface area contributed by atoms with Crippen molar-refractivity contribution < 1.29 is 80.2 Å². The Hall–Kier alpha value is -2.72. The molecule has 0 spiro atoms. The van der Waals surface area contributed by atoms with Crippen LogP contribution in [0.2, 0.25) is 0 Å². The van der Waals surface area contributed by atoms with E-state index in [1.165, 1.54) is 193 Å². The average molecular weight is 1460 g/mol. The van der Waals surface area contributed by atoms with Gasteiger partial charge >= 0.3 is 39.5 Å². The molecule has 0 aliphatic heterocycles. The van der Waals surface area contributed by atoms with E-state index in [9.17, 15) is 43.2 Å². The molecule has 3 N–H and O–H groups in total. The molecule has 0 fully saturated rings. The van der Waals surface area contributed by atoms with E-state index in [1.54, 1.807) is 0 Å². The maximum atomic E-state index is 13.1. The lowest BCUT2D eigenvalue weighted by molar-refractivity contribution is -0.161. The van der Waals surface area contributed by atoms with Gasteiger partial charge in [-0.1, -0.05) is 347 Å². The first-order chi connectivity index (χ1) is 48.7. The number of carbonyl (C=O) groups is 4. The van der Waals surface area contributed by atoms with Crippen molar-refractivity contribution in [1.29, 1.82) is 0 Å². The van der Waals surface area contributed by atoms with Gasteiger partial charge in [0.1, 0.15) is 19.3 Å². The zero-order valence-electron chi connectivity index (χ0n) is 64.4. The first kappa shape index (κ1) is 97.3. The van der Waals surface area contributed by atoms with Gasteiger partial charge < -0.3 is 33.8 Å². The van der Waals surface area contributed by atoms with Gasteiger partial charge in [0.05, 0.1) is 26.4 Å². The predicted molar refractivity (Wildman–Crippen MR) is 409 cm³/mol. The van der Waals surface area contributed by atoms with Crippen LogP contribution in [0.4, 0.5) is 0 Å². The normalized spacial score (nSPS) is 14.0. The summed E-state index contributed by atoms with van der Waals surface area (Å²) in [6, 6.07) is 0. The summed E-state index contributed by atoms with van der Waals surface area (Å²) < 4.78 is 68.7. The molecule has 0 aromatic heterocycles. The topological polar surface area (TPSA) is 237 Å². The van der Waals surface area contributed by atoms with Gasteiger partial charge in [0.15, 0.2) is 12.2 Å². The lowest BCUT2D eigenvalue weighted by Gasteiger charge is -2.21. The second-order valence-electron chi connectivity index (χ2n) is 28.1. The van der Waals surface area contributed by atoms with Crippen molar-refractivity contribution in [3.8, 4) is 0 Å². The SMILES string of the molecule is CCCCC/C=C\C/C=C\C/C=C\CCCCCCCCC(=O)OCC(COP(=O)(O)OCC(O)COP(=O)(O)OCC(COC(=O)CCCCCCCCCCCCCCCCC)OC(=O)CCCCCCCCCCCCCCC)OC(=O)CCCCCCCCCCCCCCC. The average Bonchev–Trinajstić information content (AvgIpc) is 0.935. The Morgan fingerprint density at radius 2 is 0.490 bits per heavy atom. The van der Waals surface area contributed by atoms with E-state index in [0.717, 1.165) is 128 Å². The molecule has 588 valence electrons. The van der Waals surface area contributed by atoms with Crippen LogP contribution in [0.25, 0.3) is 0 Å². The third-order valence-electron chi connectivity index (χ3n) is 18.1. The third-order valence-corrected chi connectivity index (χ3v) is 20.0. The fourth-order valence-corrected chi connectivity index (χ4v) is 13.4. The molecule has 100 heavy (non-hydrogen) atoms. The molecule has 0 saturated heterocycles. The third kappa shape index (κ3) is 73.6. The van der Waals surface area contributed by atoms with Gasteiger partial charge in [-0.3, -0.25) is 37.3 Å². The van der Waals surface area contributed by atoms with Crippen LogP contribution in [0, 0.1) is 0 Å². The van der Waals surface area contributed by atoms with E-state index in [0.29, 0.717) is 25.7 Å². The second-order valence-corrected chi connectivity index (χ2v) is 31.0. The lowest BCUT2D eigenvalue weighted by Crippen LogP contribution is -2.30. The van der Waals surface area contributed by atoms with E-state index < -0.39 is 97.5 Å². The van der Waals surface area contributed by atoms with Crippen LogP contribution in [-0.2, 0) is 65.4 Å². The van der Waals surface area contributed by atoms with Gasteiger partial charge in [-0.2, -0.15) is 0 Å². The molecular weight excluding hydrogens is 1310 g/mol. The Morgan fingerprint density at radius 3 is 0.770 bits per heavy atom. The predicted octanol–water partition coefficient (Wildman–Crippen LogP) is 23.9. The summed E-state index contributed by atoms with van der Waals surface area (Å²) in [5, 5.41) is 10.6. The molecular formula is C81H152O17P2. The summed E-state index contributed by atoms with van der Waals surface area (Å²) in [4.78, 5) is 73.0. The molecule has 0 aromatic carbocycles. The number of allylic oxidation sites excluding steroid dienone is 6. The molecule has 0 rings (SSSR count). The number of rotatable bonds is 79. The monoisotopic (exact) mass is 1460 g/mol. The maximum absolute atomic E-state index is 13.1. The molecule has 0 aliphatic carbocycles. The summed E-state index contributed by atoms with van der Waals surface area (Å²) in [5.41, 5.74) is 0. The van der Waals surface area contributed by atoms with Gasteiger partial charge in [0.25, 0.3) is 0 Å². The summed E-state index contributed by atoms with van der Waals surface area (Å²) >= 11 is 0. The Morgan fingerprint density at radius 1 is 0.280 bits per heavy atom. The Kier molecular flexibility index (Phi) is 72.5. The number of esters is 4. The smallest absolute Gasteiger partial charge is 0.462 e. The maximum Gasteiger partial charge on any atom is 0.472 e. The van der Waals surface area contributed by atoms with E-state index in [-0.39, 0.29) is 25.7 Å². The molecule has 17 nitrogen and oxygen atoms in total. The highest BCUT2D eigenvalue weighted by Crippen LogP contribution is 2.45. The lowest BCUT2D eigenvalue weighted by atomic mass is 10.0. The van der Waals surface area contributed by atoms with Crippen LogP contribution in [0.3, 0.4) is 0 Å². The molecule has 19 heteroatoms. The first-order valence-electron chi connectivity index (χ1n) is 41.2. The van der Waals surface area contributed by atoms with Crippen molar-refractivity contribution in [2.45, 2.75) is 418 Å². The molecule has 0 radical (unpaired) electrons. The fraction of sp³-hybridized carbons (Fsp3) is 0.877. The number of phosphoric acid groups is 2. The van der Waals surface area contributed by atoms with Crippen molar-refractivity contribution >= 4 is 39.5 Å². The number of hydrogen-bond donors (Lipinski definition) is 3. The van der Waals surface area contributed by atoms with Crippen LogP contribution in [-0.4, -0.2) is 96.7 Å². The zero-order chi connectivity index (χ0) is 73.2. The van der Waals surface area contributed by atoms with E-state index in [1.807, 2.05) is 0 Å². The van der Waals surface area contributed by atoms with Gasteiger partial charge in [-0.05, 0) is 64.2 Å². The Bertz CT molecular complexity index is 2040. The largest absolute Gasteiger partial charge is 0.472 e. The first-order valence-corrected chi connectivity index (χ1v) is 44.2. The zero-order valence-corrected chi connectivity index (χ0v) is 66.2. The minimum Gasteiger partial charge on any atom is -0.462 e. The Balaban J connectivity index is 5.28. The van der Waals surface area contributed by atoms with Crippen molar-refractivity contribution in [2.75, 3.05) is 39.6 Å². The number of phosphoric ester groups is 2. The molecule has 0 bridgehead atoms. The number of carbonyl (C=O) groups excluding carboxylic acids is 4. The highest BCUT2D eigenvalue weighted by molar-refractivity contribution is 7.47. The highest BCUT2D eigenvalue weighted by atomic mass is 31.2. The summed E-state index contributed by atoms with van der Waals surface area (Å²) in [7, 11) is -9.93. The highest BCUT2D eigenvalue weighted by Gasteiger charge is 2.30. The second kappa shape index (κ2) is 74.5. The van der Waals surface area contributed by atoms with Gasteiger partial charge in [0, 0.05) is 25.7 Å². The molecule has 0 saturated carbocycles. The molecule has 0 heterocycles. The minimum atomic E-state index is -4.97. The van der Waals surface area contributed by atoms with Gasteiger partial charge in [-0.15, -0.1) is 0 Å². The fourth-order valence-electron chi connectivity index (χ4n) is 11.8. The van der Waals surface area contributed by atoms with Gasteiger partial charge in [0.2, 0.25) is 0 Å². The van der Waals surface area contributed by atoms with Crippen molar-refractivity contribution in [1.82, 2.24) is 0 Å². The van der Waals surface area contributed by atoms with Crippen LogP contribution in [0.15, 0.2) is 36.5 Å². The molecule has 0 aromatic rings.